The molecule has 2 rings (SSSR count). The molecule has 8 nitrogen and oxygen atoms in total. The Morgan fingerprint density at radius 2 is 1.83 bits per heavy atom. The van der Waals surface area contributed by atoms with E-state index in [9.17, 15) is 19.7 Å². The van der Waals surface area contributed by atoms with Crippen LogP contribution in [0.15, 0.2) is 42.5 Å². The molecule has 0 radical (unpaired) electrons. The van der Waals surface area contributed by atoms with Crippen molar-refractivity contribution < 1.29 is 19.6 Å². The minimum atomic E-state index is -1.32. The van der Waals surface area contributed by atoms with Gasteiger partial charge in [0.1, 0.15) is 0 Å². The van der Waals surface area contributed by atoms with Crippen LogP contribution >= 0.6 is 0 Å². The summed E-state index contributed by atoms with van der Waals surface area (Å²) in [6.07, 6.45) is 0.0331. The van der Waals surface area contributed by atoms with Crippen LogP contribution in [-0.4, -0.2) is 21.9 Å². The molecular weight excluding hydrogens is 302 g/mol. The summed E-state index contributed by atoms with van der Waals surface area (Å²) in [5.41, 5.74) is 6.20. The minimum absolute atomic E-state index is 0.0331. The van der Waals surface area contributed by atoms with Gasteiger partial charge in [-0.3, -0.25) is 14.9 Å². The average molecular weight is 315 g/mol. The normalized spacial score (nSPS) is 10.1. The Morgan fingerprint density at radius 1 is 1.17 bits per heavy atom. The lowest BCUT2D eigenvalue weighted by atomic mass is 10.1. The summed E-state index contributed by atoms with van der Waals surface area (Å²) in [5.74, 6) is -1.74. The molecule has 0 aliphatic carbocycles. The summed E-state index contributed by atoms with van der Waals surface area (Å²) < 4.78 is 0. The number of nitrogen functional groups attached to an aromatic ring is 1. The molecule has 2 aromatic carbocycles. The predicted octanol–water partition coefficient (Wildman–Crippen LogP) is 2.06. The predicted molar refractivity (Wildman–Crippen MR) is 83.2 cm³/mol. The van der Waals surface area contributed by atoms with Crippen molar-refractivity contribution in [2.75, 3.05) is 11.1 Å². The Labute approximate surface area is 130 Å². The molecule has 0 saturated carbocycles. The highest BCUT2D eigenvalue weighted by atomic mass is 16.6. The van der Waals surface area contributed by atoms with Crippen LogP contribution in [0.1, 0.15) is 15.9 Å². The lowest BCUT2D eigenvalue weighted by molar-refractivity contribution is -0.384. The van der Waals surface area contributed by atoms with E-state index in [-0.39, 0.29) is 17.7 Å². The molecule has 1 amide bonds. The molecule has 0 heterocycles. The first kappa shape index (κ1) is 16.0. The summed E-state index contributed by atoms with van der Waals surface area (Å²) in [4.78, 5) is 33.1. The molecule has 8 heteroatoms. The minimum Gasteiger partial charge on any atom is -0.478 e. The summed E-state index contributed by atoms with van der Waals surface area (Å²) >= 11 is 0. The number of rotatable bonds is 5. The Bertz CT molecular complexity index is 739. The quantitative estimate of drug-likeness (QED) is 0.439. The summed E-state index contributed by atoms with van der Waals surface area (Å²) in [6.45, 7) is 0. The molecule has 0 aliphatic heterocycles. The number of hydrogen-bond donors (Lipinski definition) is 3. The zero-order chi connectivity index (χ0) is 17.0. The maximum atomic E-state index is 12.0. The molecule has 0 atom stereocenters. The van der Waals surface area contributed by atoms with Crippen molar-refractivity contribution in [1.82, 2.24) is 0 Å². The number of benzene rings is 2. The third kappa shape index (κ3) is 4.27. The zero-order valence-corrected chi connectivity index (χ0v) is 11.9. The molecule has 2 aromatic rings. The van der Waals surface area contributed by atoms with Crippen LogP contribution in [-0.2, 0) is 11.2 Å². The van der Waals surface area contributed by atoms with Crippen LogP contribution in [0.5, 0.6) is 0 Å². The van der Waals surface area contributed by atoms with E-state index in [1.165, 1.54) is 0 Å². The standard InChI is InChI=1S/C15H13N3O5/c16-11-3-1-9(2-4-11)5-14(19)17-12-6-10(15(20)21)7-13(8-12)18(22)23/h1-4,6-8H,5,16H2,(H,17,19)(H,20,21). The van der Waals surface area contributed by atoms with Gasteiger partial charge in [0.25, 0.3) is 5.69 Å². The number of anilines is 2. The van der Waals surface area contributed by atoms with Gasteiger partial charge >= 0.3 is 5.97 Å². The van der Waals surface area contributed by atoms with Crippen molar-refractivity contribution in [3.63, 3.8) is 0 Å². The third-order valence-corrected chi connectivity index (χ3v) is 3.00. The van der Waals surface area contributed by atoms with Crippen molar-refractivity contribution >= 4 is 28.9 Å². The molecule has 0 spiro atoms. The van der Waals surface area contributed by atoms with E-state index in [2.05, 4.69) is 5.32 Å². The van der Waals surface area contributed by atoms with E-state index in [1.54, 1.807) is 24.3 Å². The SMILES string of the molecule is Nc1ccc(CC(=O)Nc2cc(C(=O)O)cc([N+](=O)[O-])c2)cc1. The molecule has 23 heavy (non-hydrogen) atoms. The number of amides is 1. The largest absolute Gasteiger partial charge is 0.478 e. The smallest absolute Gasteiger partial charge is 0.336 e. The lowest BCUT2D eigenvalue weighted by Crippen LogP contribution is -2.15. The van der Waals surface area contributed by atoms with Gasteiger partial charge < -0.3 is 16.2 Å². The van der Waals surface area contributed by atoms with E-state index in [0.29, 0.717) is 11.3 Å². The Hall–Kier alpha value is -3.42. The Kier molecular flexibility index (Phi) is 4.55. The molecule has 118 valence electrons. The summed E-state index contributed by atoms with van der Waals surface area (Å²) in [5, 5.41) is 22.2. The van der Waals surface area contributed by atoms with Crippen LogP contribution in [0, 0.1) is 10.1 Å². The van der Waals surface area contributed by atoms with Crippen LogP contribution in [0.4, 0.5) is 17.1 Å². The molecule has 4 N–H and O–H groups in total. The van der Waals surface area contributed by atoms with Crippen LogP contribution in [0.2, 0.25) is 0 Å². The maximum absolute atomic E-state index is 12.0. The number of nitro groups is 1. The van der Waals surface area contributed by atoms with Crippen LogP contribution < -0.4 is 11.1 Å². The number of carbonyl (C=O) groups excluding carboxylic acids is 1. The van der Waals surface area contributed by atoms with Gasteiger partial charge in [0.15, 0.2) is 0 Å². The number of carboxylic acids is 1. The zero-order valence-electron chi connectivity index (χ0n) is 11.9. The molecule has 0 saturated heterocycles. The monoisotopic (exact) mass is 315 g/mol. The first-order valence-corrected chi connectivity index (χ1v) is 6.52. The lowest BCUT2D eigenvalue weighted by Gasteiger charge is -2.07. The number of aromatic carboxylic acids is 1. The van der Waals surface area contributed by atoms with Crippen molar-refractivity contribution in [2.24, 2.45) is 0 Å². The van der Waals surface area contributed by atoms with Gasteiger partial charge in [-0.2, -0.15) is 0 Å². The van der Waals surface area contributed by atoms with Gasteiger partial charge in [0.2, 0.25) is 5.91 Å². The summed E-state index contributed by atoms with van der Waals surface area (Å²) in [7, 11) is 0. The van der Waals surface area contributed by atoms with Gasteiger partial charge in [-0.15, -0.1) is 0 Å². The Balaban J connectivity index is 2.18. The highest BCUT2D eigenvalue weighted by Gasteiger charge is 2.15. The highest BCUT2D eigenvalue weighted by Crippen LogP contribution is 2.21. The molecule has 0 fully saturated rings. The van der Waals surface area contributed by atoms with Crippen LogP contribution in [0.25, 0.3) is 0 Å². The second-order valence-corrected chi connectivity index (χ2v) is 4.80. The first-order valence-electron chi connectivity index (χ1n) is 6.52. The van der Waals surface area contributed by atoms with E-state index < -0.39 is 22.5 Å². The fourth-order valence-corrected chi connectivity index (χ4v) is 1.94. The first-order chi connectivity index (χ1) is 10.8. The van der Waals surface area contributed by atoms with E-state index in [1.807, 2.05) is 0 Å². The van der Waals surface area contributed by atoms with Crippen LogP contribution in [0.3, 0.4) is 0 Å². The number of carbonyl (C=O) groups is 2. The topological polar surface area (TPSA) is 136 Å². The van der Waals surface area contributed by atoms with Crippen molar-refractivity contribution in [2.45, 2.75) is 6.42 Å². The van der Waals surface area contributed by atoms with Gasteiger partial charge in [0.05, 0.1) is 16.9 Å². The number of nitro benzene ring substituents is 1. The van der Waals surface area contributed by atoms with Gasteiger partial charge in [0, 0.05) is 23.5 Å². The van der Waals surface area contributed by atoms with Gasteiger partial charge in [-0.25, -0.2) is 4.79 Å². The van der Waals surface area contributed by atoms with Gasteiger partial charge in [-0.1, -0.05) is 12.1 Å². The number of hydrogen-bond acceptors (Lipinski definition) is 5. The van der Waals surface area contributed by atoms with E-state index >= 15 is 0 Å². The fourth-order valence-electron chi connectivity index (χ4n) is 1.94. The average Bonchev–Trinajstić information content (AvgIpc) is 2.49. The number of carboxylic acid groups (broad SMARTS) is 1. The second kappa shape index (κ2) is 6.56. The molecular formula is C15H13N3O5. The van der Waals surface area contributed by atoms with Crippen molar-refractivity contribution in [3.8, 4) is 0 Å². The fraction of sp³-hybridized carbons (Fsp3) is 0.0667. The summed E-state index contributed by atoms with van der Waals surface area (Å²) in [6, 6.07) is 9.87. The van der Waals surface area contributed by atoms with Crippen molar-refractivity contribution in [3.05, 3.63) is 63.7 Å². The van der Waals surface area contributed by atoms with E-state index in [0.717, 1.165) is 18.2 Å². The molecule has 0 aliphatic rings. The molecule has 0 bridgehead atoms. The van der Waals surface area contributed by atoms with Gasteiger partial charge in [-0.05, 0) is 23.8 Å². The van der Waals surface area contributed by atoms with E-state index in [4.69, 9.17) is 10.8 Å². The number of nitrogens with zero attached hydrogens (tertiary/aromatic N) is 1. The highest BCUT2D eigenvalue weighted by molar-refractivity contribution is 5.95. The third-order valence-electron chi connectivity index (χ3n) is 3.00. The second-order valence-electron chi connectivity index (χ2n) is 4.80. The number of nitrogens with one attached hydrogen (secondary N) is 1. The Morgan fingerprint density at radius 3 is 2.39 bits per heavy atom. The molecule has 0 aromatic heterocycles. The molecule has 0 unspecified atom stereocenters. The number of nitrogens with two attached hydrogens (primary N) is 1. The van der Waals surface area contributed by atoms with Crippen molar-refractivity contribution in [1.29, 1.82) is 0 Å². The number of non-ortho nitro benzene ring substituents is 1. The maximum Gasteiger partial charge on any atom is 0.336 e.